The van der Waals surface area contributed by atoms with Crippen LogP contribution in [0.25, 0.3) is 0 Å². The summed E-state index contributed by atoms with van der Waals surface area (Å²) in [5, 5.41) is 4.29. The van der Waals surface area contributed by atoms with E-state index >= 15 is 0 Å². The van der Waals surface area contributed by atoms with E-state index in [1.54, 1.807) is 13.8 Å². The van der Waals surface area contributed by atoms with Gasteiger partial charge in [0.05, 0.1) is 6.54 Å². The number of hydrogen-bond acceptors (Lipinski definition) is 3. The molecule has 110 valence electrons. The van der Waals surface area contributed by atoms with Crippen molar-refractivity contribution in [2.75, 3.05) is 13.6 Å². The summed E-state index contributed by atoms with van der Waals surface area (Å²) < 4.78 is 27.2. The molecule has 0 aliphatic carbocycles. The predicted molar refractivity (Wildman–Crippen MR) is 64.2 cm³/mol. The number of carbonyl (C=O) groups excluding carboxylic acids is 3. The Morgan fingerprint density at radius 3 is 2.16 bits per heavy atom. The topological polar surface area (TPSA) is 101 Å². The van der Waals surface area contributed by atoms with E-state index in [9.17, 15) is 23.2 Å². The molecule has 19 heavy (non-hydrogen) atoms. The van der Waals surface area contributed by atoms with Gasteiger partial charge in [0.15, 0.2) is 0 Å². The second-order valence-electron chi connectivity index (χ2n) is 4.56. The van der Waals surface area contributed by atoms with E-state index in [2.05, 4.69) is 16.4 Å². The van der Waals surface area contributed by atoms with Crippen LogP contribution in [0.1, 0.15) is 20.3 Å². The Balaban J connectivity index is 4.90. The molecule has 0 unspecified atom stereocenters. The van der Waals surface area contributed by atoms with Gasteiger partial charge in [-0.1, -0.05) is 13.8 Å². The second-order valence-corrected chi connectivity index (χ2v) is 4.56. The number of hydrogen-bond donors (Lipinski definition) is 3. The van der Waals surface area contributed by atoms with E-state index in [4.69, 9.17) is 0 Å². The largest absolute Gasteiger partial charge is 0.364 e. The average Bonchev–Trinajstić information content (AvgIpc) is 2.31. The first kappa shape index (κ1) is 17.3. The van der Waals surface area contributed by atoms with E-state index in [-0.39, 0.29) is 12.3 Å². The van der Waals surface area contributed by atoms with Crippen molar-refractivity contribution in [2.24, 2.45) is 17.6 Å². The zero-order valence-corrected chi connectivity index (χ0v) is 11.1. The van der Waals surface area contributed by atoms with Crippen molar-refractivity contribution in [3.63, 3.8) is 0 Å². The summed E-state index contributed by atoms with van der Waals surface area (Å²) in [7, 11) is 1.35. The summed E-state index contributed by atoms with van der Waals surface area (Å²) in [5.74, 6) is -9.51. The Kier molecular flexibility index (Phi) is 6.37. The number of halogens is 2. The highest BCUT2D eigenvalue weighted by molar-refractivity contribution is 5.92. The molecule has 0 saturated heterocycles. The van der Waals surface area contributed by atoms with Crippen molar-refractivity contribution in [1.29, 1.82) is 0 Å². The van der Waals surface area contributed by atoms with E-state index < -0.39 is 36.1 Å². The van der Waals surface area contributed by atoms with Crippen LogP contribution in [0.4, 0.5) is 8.78 Å². The van der Waals surface area contributed by atoms with Crippen molar-refractivity contribution in [2.45, 2.75) is 26.2 Å². The van der Waals surface area contributed by atoms with E-state index in [1.165, 1.54) is 7.05 Å². The first-order valence-corrected chi connectivity index (χ1v) is 5.78. The molecule has 0 aliphatic heterocycles. The number of alkyl halides is 2. The van der Waals surface area contributed by atoms with Crippen molar-refractivity contribution < 1.29 is 23.2 Å². The molecular formula is C11H19F2N3O3. The van der Waals surface area contributed by atoms with Crippen LogP contribution in [-0.2, 0) is 14.4 Å². The lowest BCUT2D eigenvalue weighted by atomic mass is 9.90. The molecule has 1 atom stereocenters. The fourth-order valence-corrected chi connectivity index (χ4v) is 1.44. The monoisotopic (exact) mass is 279 g/mol. The normalized spacial score (nSPS) is 12.9. The van der Waals surface area contributed by atoms with Crippen LogP contribution >= 0.6 is 0 Å². The van der Waals surface area contributed by atoms with Gasteiger partial charge in [-0.05, 0) is 12.3 Å². The van der Waals surface area contributed by atoms with Crippen molar-refractivity contribution >= 4 is 17.7 Å². The number of carbonyl (C=O) groups is 3. The van der Waals surface area contributed by atoms with E-state index in [1.807, 2.05) is 0 Å². The lowest BCUT2D eigenvalue weighted by Gasteiger charge is -2.24. The number of primary amides is 1. The molecule has 0 fully saturated rings. The number of nitrogens with two attached hydrogens (primary N) is 1. The quantitative estimate of drug-likeness (QED) is 0.592. The Morgan fingerprint density at radius 2 is 1.79 bits per heavy atom. The van der Waals surface area contributed by atoms with Gasteiger partial charge < -0.3 is 16.4 Å². The standard InChI is InChI=1S/C11H19F2N3O3/c1-6(2)4-7(11(12,13)10(14)19)9(18)16-5-8(17)15-3/h6-7H,4-5H2,1-3H3,(H2,14,19)(H,15,17)(H,16,18)/t7-/m0/s1. The molecule has 0 rings (SSSR count). The molecular weight excluding hydrogens is 260 g/mol. The summed E-state index contributed by atoms with van der Waals surface area (Å²) >= 11 is 0. The molecule has 6 nitrogen and oxygen atoms in total. The Labute approximate surface area is 110 Å². The Bertz CT molecular complexity index is 359. The van der Waals surface area contributed by atoms with Gasteiger partial charge in [0, 0.05) is 7.05 Å². The van der Waals surface area contributed by atoms with Crippen LogP contribution in [0.5, 0.6) is 0 Å². The minimum atomic E-state index is -3.95. The van der Waals surface area contributed by atoms with Gasteiger partial charge >= 0.3 is 5.92 Å². The molecule has 4 N–H and O–H groups in total. The summed E-state index contributed by atoms with van der Waals surface area (Å²) in [4.78, 5) is 33.4. The average molecular weight is 279 g/mol. The highest BCUT2D eigenvalue weighted by Crippen LogP contribution is 2.30. The fourth-order valence-electron chi connectivity index (χ4n) is 1.44. The van der Waals surface area contributed by atoms with E-state index in [0.29, 0.717) is 0 Å². The van der Waals surface area contributed by atoms with E-state index in [0.717, 1.165) is 0 Å². The third-order valence-corrected chi connectivity index (χ3v) is 2.49. The molecule has 0 bridgehead atoms. The van der Waals surface area contributed by atoms with Gasteiger partial charge in [-0.25, -0.2) is 0 Å². The summed E-state index contributed by atoms with van der Waals surface area (Å²) in [6.45, 7) is 2.84. The third kappa shape index (κ3) is 5.19. The minimum Gasteiger partial charge on any atom is -0.364 e. The molecule has 0 aromatic rings. The molecule has 0 heterocycles. The SMILES string of the molecule is CNC(=O)CNC(=O)[C@H](CC(C)C)C(F)(F)C(N)=O. The number of rotatable bonds is 7. The van der Waals surface area contributed by atoms with Crippen LogP contribution in [0.3, 0.4) is 0 Å². The first-order valence-electron chi connectivity index (χ1n) is 5.78. The van der Waals surface area contributed by atoms with Crippen LogP contribution in [-0.4, -0.2) is 37.2 Å². The number of amides is 3. The number of nitrogens with one attached hydrogen (secondary N) is 2. The van der Waals surface area contributed by atoms with Crippen LogP contribution in [0.15, 0.2) is 0 Å². The maximum atomic E-state index is 13.6. The zero-order chi connectivity index (χ0) is 15.2. The van der Waals surface area contributed by atoms with Crippen LogP contribution < -0.4 is 16.4 Å². The van der Waals surface area contributed by atoms with Crippen molar-refractivity contribution in [3.05, 3.63) is 0 Å². The van der Waals surface area contributed by atoms with Gasteiger partial charge in [0.25, 0.3) is 5.91 Å². The summed E-state index contributed by atoms with van der Waals surface area (Å²) in [6.07, 6.45) is -0.213. The molecule has 8 heteroatoms. The van der Waals surface area contributed by atoms with Gasteiger partial charge in [-0.2, -0.15) is 8.78 Å². The maximum Gasteiger partial charge on any atom is 0.335 e. The maximum absolute atomic E-state index is 13.6. The van der Waals surface area contributed by atoms with Crippen LogP contribution in [0, 0.1) is 11.8 Å². The zero-order valence-electron chi connectivity index (χ0n) is 11.1. The molecule has 0 saturated carbocycles. The predicted octanol–water partition coefficient (Wildman–Crippen LogP) is -0.368. The molecule has 0 spiro atoms. The second kappa shape index (κ2) is 7.01. The van der Waals surface area contributed by atoms with Gasteiger partial charge in [0.1, 0.15) is 5.92 Å². The fraction of sp³-hybridized carbons (Fsp3) is 0.727. The molecule has 3 amide bonds. The summed E-state index contributed by atoms with van der Waals surface area (Å²) in [6, 6.07) is 0. The van der Waals surface area contributed by atoms with Crippen molar-refractivity contribution in [3.8, 4) is 0 Å². The molecule has 0 aliphatic rings. The first-order chi connectivity index (χ1) is 8.62. The molecule has 0 radical (unpaired) electrons. The van der Waals surface area contributed by atoms with Crippen molar-refractivity contribution in [1.82, 2.24) is 10.6 Å². The highest BCUT2D eigenvalue weighted by Gasteiger charge is 2.49. The third-order valence-electron chi connectivity index (χ3n) is 2.49. The summed E-state index contributed by atoms with van der Waals surface area (Å²) in [5.41, 5.74) is 4.62. The lowest BCUT2D eigenvalue weighted by molar-refractivity contribution is -0.159. The van der Waals surface area contributed by atoms with Crippen LogP contribution in [0.2, 0.25) is 0 Å². The lowest BCUT2D eigenvalue weighted by Crippen LogP contribution is -2.50. The highest BCUT2D eigenvalue weighted by atomic mass is 19.3. The number of likely N-dealkylation sites (N-methyl/N-ethyl adjacent to an activating group) is 1. The Hall–Kier alpha value is -1.73. The minimum absolute atomic E-state index is 0.213. The van der Waals surface area contributed by atoms with Gasteiger partial charge in [-0.15, -0.1) is 0 Å². The Morgan fingerprint density at radius 1 is 1.26 bits per heavy atom. The van der Waals surface area contributed by atoms with Gasteiger partial charge in [-0.3, -0.25) is 14.4 Å². The molecule has 0 aromatic heterocycles. The smallest absolute Gasteiger partial charge is 0.335 e. The van der Waals surface area contributed by atoms with Gasteiger partial charge in [0.2, 0.25) is 11.8 Å². The molecule has 0 aromatic carbocycles.